The van der Waals surface area contributed by atoms with Crippen molar-refractivity contribution >= 4 is 45.3 Å². The molecule has 2 aromatic carbocycles. The van der Waals surface area contributed by atoms with Crippen LogP contribution in [0.3, 0.4) is 0 Å². The number of nitrogens with one attached hydrogen (secondary N) is 1. The van der Waals surface area contributed by atoms with Gasteiger partial charge in [0.05, 0.1) is 6.42 Å². The van der Waals surface area contributed by atoms with Gasteiger partial charge in [-0.05, 0) is 36.4 Å². The fourth-order valence-electron chi connectivity index (χ4n) is 1.72. The third kappa shape index (κ3) is 6.88. The number of ether oxygens (including phenoxy) is 1. The summed E-state index contributed by atoms with van der Waals surface area (Å²) in [7, 11) is 0. The Labute approximate surface area is 147 Å². The van der Waals surface area contributed by atoms with Gasteiger partial charge in [-0.1, -0.05) is 34.1 Å². The molecule has 0 aromatic heterocycles. The summed E-state index contributed by atoms with van der Waals surface area (Å²) in [6, 6.07) is 17.0. The molecule has 0 atom stereocenters. The molecule has 0 aliphatic carbocycles. The fraction of sp³-hybridized carbons (Fsp3) is 0.176. The van der Waals surface area contributed by atoms with E-state index in [1.807, 2.05) is 42.5 Å². The van der Waals surface area contributed by atoms with Crippen LogP contribution in [0.15, 0.2) is 64.0 Å². The van der Waals surface area contributed by atoms with Crippen molar-refractivity contribution in [2.24, 2.45) is 0 Å². The highest BCUT2D eigenvalue weighted by atomic mass is 79.9. The molecule has 0 radical (unpaired) electrons. The molecule has 0 fully saturated rings. The fourth-order valence-corrected chi connectivity index (χ4v) is 2.84. The van der Waals surface area contributed by atoms with Gasteiger partial charge in [0.1, 0.15) is 0 Å². The zero-order chi connectivity index (χ0) is 16.5. The summed E-state index contributed by atoms with van der Waals surface area (Å²) in [5.41, 5.74) is 0.661. The minimum absolute atomic E-state index is 0.269. The van der Waals surface area contributed by atoms with Crippen molar-refractivity contribution in [3.05, 3.63) is 59.1 Å². The Morgan fingerprint density at radius 2 is 1.74 bits per heavy atom. The lowest BCUT2D eigenvalue weighted by atomic mass is 10.3. The van der Waals surface area contributed by atoms with Crippen LogP contribution in [0.4, 0.5) is 5.69 Å². The molecule has 23 heavy (non-hydrogen) atoms. The van der Waals surface area contributed by atoms with Crippen molar-refractivity contribution in [1.29, 1.82) is 0 Å². The maximum Gasteiger partial charge on any atom is 0.307 e. The van der Waals surface area contributed by atoms with Crippen molar-refractivity contribution in [2.75, 3.05) is 17.7 Å². The maximum atomic E-state index is 11.7. The molecule has 0 unspecified atom stereocenters. The summed E-state index contributed by atoms with van der Waals surface area (Å²) in [6.45, 7) is -0.273. The Bertz CT molecular complexity index is 647. The zero-order valence-electron chi connectivity index (χ0n) is 12.3. The molecule has 0 saturated carbocycles. The Balaban J connectivity index is 1.63. The van der Waals surface area contributed by atoms with Gasteiger partial charge < -0.3 is 10.1 Å². The third-order valence-electron chi connectivity index (χ3n) is 2.81. The van der Waals surface area contributed by atoms with Crippen LogP contribution in [0.1, 0.15) is 6.42 Å². The van der Waals surface area contributed by atoms with Gasteiger partial charge in [0.15, 0.2) is 6.61 Å². The molecule has 4 nitrogen and oxygen atoms in total. The molecular formula is C17H16BrNO3S. The quantitative estimate of drug-likeness (QED) is 0.567. The van der Waals surface area contributed by atoms with E-state index >= 15 is 0 Å². The second-order valence-corrected chi connectivity index (χ2v) is 6.71. The molecule has 0 aliphatic rings. The first-order chi connectivity index (χ1) is 11.1. The average molecular weight is 394 g/mol. The van der Waals surface area contributed by atoms with E-state index in [1.54, 1.807) is 23.9 Å². The largest absolute Gasteiger partial charge is 0.456 e. The third-order valence-corrected chi connectivity index (χ3v) is 4.35. The van der Waals surface area contributed by atoms with Gasteiger partial charge in [0, 0.05) is 20.8 Å². The van der Waals surface area contributed by atoms with Gasteiger partial charge in [-0.2, -0.15) is 0 Å². The summed E-state index contributed by atoms with van der Waals surface area (Å²) >= 11 is 4.90. The molecule has 0 saturated heterocycles. The number of hydrogen-bond donors (Lipinski definition) is 1. The molecule has 1 N–H and O–H groups in total. The first-order valence-corrected chi connectivity index (χ1v) is 8.80. The van der Waals surface area contributed by atoms with Gasteiger partial charge in [-0.15, -0.1) is 11.8 Å². The predicted molar refractivity (Wildman–Crippen MR) is 95.5 cm³/mol. The molecule has 2 rings (SSSR count). The van der Waals surface area contributed by atoms with Gasteiger partial charge in [0.2, 0.25) is 0 Å². The van der Waals surface area contributed by atoms with Crippen LogP contribution < -0.4 is 5.32 Å². The van der Waals surface area contributed by atoms with Crippen molar-refractivity contribution in [2.45, 2.75) is 11.3 Å². The Morgan fingerprint density at radius 1 is 1.04 bits per heavy atom. The van der Waals surface area contributed by atoms with Crippen LogP contribution in [-0.4, -0.2) is 24.2 Å². The molecule has 0 heterocycles. The predicted octanol–water partition coefficient (Wildman–Crippen LogP) is 4.11. The standard InChI is InChI=1S/C17H16BrNO3S/c18-13-6-8-14(9-7-13)19-16(20)12-22-17(21)10-11-23-15-4-2-1-3-5-15/h1-9H,10-12H2,(H,19,20). The Morgan fingerprint density at radius 3 is 2.43 bits per heavy atom. The summed E-state index contributed by atoms with van der Waals surface area (Å²) in [6.07, 6.45) is 0.269. The highest BCUT2D eigenvalue weighted by Crippen LogP contribution is 2.18. The number of anilines is 1. The lowest BCUT2D eigenvalue weighted by Crippen LogP contribution is -2.21. The molecule has 0 bridgehead atoms. The van der Waals surface area contributed by atoms with Crippen molar-refractivity contribution < 1.29 is 14.3 Å². The monoisotopic (exact) mass is 393 g/mol. The van der Waals surface area contributed by atoms with E-state index in [0.717, 1.165) is 9.37 Å². The number of hydrogen-bond acceptors (Lipinski definition) is 4. The second-order valence-electron chi connectivity index (χ2n) is 4.63. The smallest absolute Gasteiger partial charge is 0.307 e. The summed E-state index contributed by atoms with van der Waals surface area (Å²) in [4.78, 5) is 24.4. The van der Waals surface area contributed by atoms with E-state index in [0.29, 0.717) is 11.4 Å². The summed E-state index contributed by atoms with van der Waals surface area (Å²) in [5.74, 6) is -0.104. The summed E-state index contributed by atoms with van der Waals surface area (Å²) < 4.78 is 5.89. The Kier molecular flexibility index (Phi) is 7.16. The lowest BCUT2D eigenvalue weighted by molar-refractivity contribution is -0.146. The lowest BCUT2D eigenvalue weighted by Gasteiger charge is -2.07. The molecule has 6 heteroatoms. The van der Waals surface area contributed by atoms with Gasteiger partial charge in [0.25, 0.3) is 5.91 Å². The zero-order valence-corrected chi connectivity index (χ0v) is 14.7. The SMILES string of the molecule is O=C(COC(=O)CCSc1ccccc1)Nc1ccc(Br)cc1. The van der Waals surface area contributed by atoms with Gasteiger partial charge >= 0.3 is 5.97 Å². The molecule has 0 aliphatic heterocycles. The van der Waals surface area contributed by atoms with Crippen LogP contribution in [0, 0.1) is 0 Å². The normalized spacial score (nSPS) is 10.1. The number of rotatable bonds is 7. The van der Waals surface area contributed by atoms with E-state index in [1.165, 1.54) is 0 Å². The molecule has 2 aromatic rings. The molecule has 1 amide bonds. The number of carbonyl (C=O) groups is 2. The van der Waals surface area contributed by atoms with Gasteiger partial charge in [-0.3, -0.25) is 9.59 Å². The number of benzene rings is 2. The van der Waals surface area contributed by atoms with Crippen LogP contribution >= 0.6 is 27.7 Å². The molecule has 0 spiro atoms. The minimum Gasteiger partial charge on any atom is -0.456 e. The highest BCUT2D eigenvalue weighted by molar-refractivity contribution is 9.10. The van der Waals surface area contributed by atoms with Crippen molar-refractivity contribution in [3.8, 4) is 0 Å². The second kappa shape index (κ2) is 9.37. The number of halogens is 1. The van der Waals surface area contributed by atoms with E-state index in [-0.39, 0.29) is 24.9 Å². The maximum absolute atomic E-state index is 11.7. The van der Waals surface area contributed by atoms with Crippen LogP contribution in [0.5, 0.6) is 0 Å². The topological polar surface area (TPSA) is 55.4 Å². The number of amides is 1. The van der Waals surface area contributed by atoms with E-state index in [4.69, 9.17) is 4.74 Å². The van der Waals surface area contributed by atoms with Gasteiger partial charge in [-0.25, -0.2) is 0 Å². The average Bonchev–Trinajstić information content (AvgIpc) is 2.56. The molecule has 120 valence electrons. The first-order valence-electron chi connectivity index (χ1n) is 7.02. The van der Waals surface area contributed by atoms with E-state index in [2.05, 4.69) is 21.2 Å². The number of esters is 1. The number of thioether (sulfide) groups is 1. The Hall–Kier alpha value is -1.79. The van der Waals surface area contributed by atoms with E-state index < -0.39 is 0 Å². The van der Waals surface area contributed by atoms with E-state index in [9.17, 15) is 9.59 Å². The first kappa shape index (κ1) is 17.6. The molecular weight excluding hydrogens is 378 g/mol. The highest BCUT2D eigenvalue weighted by Gasteiger charge is 2.08. The van der Waals surface area contributed by atoms with Crippen molar-refractivity contribution in [1.82, 2.24) is 0 Å². The van der Waals surface area contributed by atoms with Crippen molar-refractivity contribution in [3.63, 3.8) is 0 Å². The number of carbonyl (C=O) groups excluding carboxylic acids is 2. The van der Waals surface area contributed by atoms with Crippen LogP contribution in [0.25, 0.3) is 0 Å². The van der Waals surface area contributed by atoms with Crippen LogP contribution in [0.2, 0.25) is 0 Å². The minimum atomic E-state index is -0.376. The summed E-state index contributed by atoms with van der Waals surface area (Å²) in [5, 5.41) is 2.66. The van der Waals surface area contributed by atoms with Crippen LogP contribution in [-0.2, 0) is 14.3 Å².